The zero-order valence-electron chi connectivity index (χ0n) is 11.1. The van der Waals surface area contributed by atoms with Gasteiger partial charge in [0.15, 0.2) is 6.10 Å². The molecule has 2 atom stereocenters. The van der Waals surface area contributed by atoms with Crippen molar-refractivity contribution in [1.29, 1.82) is 0 Å². The van der Waals surface area contributed by atoms with Crippen molar-refractivity contribution < 1.29 is 19.1 Å². The molecule has 1 aromatic rings. The third-order valence-electron chi connectivity index (χ3n) is 3.13. The Morgan fingerprint density at radius 2 is 2.20 bits per heavy atom. The standard InChI is InChI=1S/C13H17N3O4/c1-19-10(6-14)13(18)16-7-11(12(15)17)20-9-5-3-2-4-8(9)16/h2-5,10-11H,6-7,14H2,1H3,(H2,15,17). The molecule has 7 heteroatoms. The number of hydrogen-bond donors (Lipinski definition) is 2. The minimum absolute atomic E-state index is 0.0467. The molecule has 0 aromatic heterocycles. The van der Waals surface area contributed by atoms with Gasteiger partial charge in [0.1, 0.15) is 11.9 Å². The normalized spacial score (nSPS) is 18.9. The second-order valence-corrected chi connectivity index (χ2v) is 4.39. The third kappa shape index (κ3) is 2.59. The first-order chi connectivity index (χ1) is 9.58. The van der Waals surface area contributed by atoms with Crippen molar-refractivity contribution in [2.24, 2.45) is 11.5 Å². The van der Waals surface area contributed by atoms with Crippen molar-refractivity contribution in [3.63, 3.8) is 0 Å². The molecule has 0 aliphatic carbocycles. The van der Waals surface area contributed by atoms with Gasteiger partial charge in [-0.15, -0.1) is 0 Å². The van der Waals surface area contributed by atoms with Gasteiger partial charge >= 0.3 is 0 Å². The number of methoxy groups -OCH3 is 1. The predicted octanol–water partition coefficient (Wildman–Crippen LogP) is -0.760. The summed E-state index contributed by atoms with van der Waals surface area (Å²) in [5.41, 5.74) is 11.4. The average Bonchev–Trinajstić information content (AvgIpc) is 2.47. The highest BCUT2D eigenvalue weighted by molar-refractivity contribution is 5.99. The van der Waals surface area contributed by atoms with E-state index in [9.17, 15) is 9.59 Å². The first-order valence-electron chi connectivity index (χ1n) is 6.17. The van der Waals surface area contributed by atoms with Crippen molar-refractivity contribution in [1.82, 2.24) is 0 Å². The van der Waals surface area contributed by atoms with Crippen LogP contribution in [0.1, 0.15) is 0 Å². The summed E-state index contributed by atoms with van der Waals surface area (Å²) in [6.45, 7) is 0.0983. The maximum atomic E-state index is 12.4. The fraction of sp³-hybridized carbons (Fsp3) is 0.385. The van der Waals surface area contributed by atoms with Crippen molar-refractivity contribution >= 4 is 17.5 Å². The van der Waals surface area contributed by atoms with Crippen molar-refractivity contribution in [3.8, 4) is 5.75 Å². The maximum absolute atomic E-state index is 12.4. The van der Waals surface area contributed by atoms with Crippen LogP contribution in [-0.4, -0.2) is 44.2 Å². The molecule has 1 aliphatic heterocycles. The van der Waals surface area contributed by atoms with E-state index in [1.807, 2.05) is 0 Å². The van der Waals surface area contributed by atoms with Crippen LogP contribution in [0.3, 0.4) is 0 Å². The Labute approximate surface area is 116 Å². The lowest BCUT2D eigenvalue weighted by atomic mass is 10.1. The molecular weight excluding hydrogens is 262 g/mol. The van der Waals surface area contributed by atoms with Crippen LogP contribution >= 0.6 is 0 Å². The van der Waals surface area contributed by atoms with E-state index in [1.54, 1.807) is 24.3 Å². The van der Waals surface area contributed by atoms with E-state index >= 15 is 0 Å². The van der Waals surface area contributed by atoms with Crippen LogP contribution in [0.15, 0.2) is 24.3 Å². The highest BCUT2D eigenvalue weighted by atomic mass is 16.5. The molecule has 0 saturated carbocycles. The zero-order chi connectivity index (χ0) is 14.7. The number of nitrogens with zero attached hydrogens (tertiary/aromatic N) is 1. The Hall–Kier alpha value is -2.12. The molecule has 1 heterocycles. The minimum atomic E-state index is -0.885. The summed E-state index contributed by atoms with van der Waals surface area (Å²) < 4.78 is 10.5. The molecule has 2 unspecified atom stereocenters. The van der Waals surface area contributed by atoms with Gasteiger partial charge in [-0.3, -0.25) is 9.59 Å². The van der Waals surface area contributed by atoms with Crippen LogP contribution in [-0.2, 0) is 14.3 Å². The van der Waals surface area contributed by atoms with E-state index in [0.717, 1.165) is 0 Å². The number of ether oxygens (including phenoxy) is 2. The van der Waals surface area contributed by atoms with Crippen LogP contribution in [0.25, 0.3) is 0 Å². The summed E-state index contributed by atoms with van der Waals surface area (Å²) >= 11 is 0. The van der Waals surface area contributed by atoms with Gasteiger partial charge in [0, 0.05) is 13.7 Å². The van der Waals surface area contributed by atoms with Crippen molar-refractivity contribution in [2.45, 2.75) is 12.2 Å². The first kappa shape index (κ1) is 14.3. The Kier molecular flexibility index (Phi) is 4.21. The van der Waals surface area contributed by atoms with Gasteiger partial charge in [-0.1, -0.05) is 12.1 Å². The molecule has 1 aromatic carbocycles. The number of rotatable bonds is 4. The molecule has 0 bridgehead atoms. The molecule has 108 valence electrons. The minimum Gasteiger partial charge on any atom is -0.477 e. The van der Waals surface area contributed by atoms with E-state index in [-0.39, 0.29) is 19.0 Å². The number of carbonyl (C=O) groups is 2. The predicted molar refractivity (Wildman–Crippen MR) is 72.3 cm³/mol. The second kappa shape index (κ2) is 5.89. The number of nitrogens with two attached hydrogens (primary N) is 2. The number of anilines is 1. The molecule has 4 N–H and O–H groups in total. The molecule has 2 amide bonds. The Morgan fingerprint density at radius 3 is 2.80 bits per heavy atom. The molecule has 0 fully saturated rings. The molecule has 0 radical (unpaired) electrons. The molecule has 1 aliphatic rings. The number of fused-ring (bicyclic) bond motifs is 1. The lowest BCUT2D eigenvalue weighted by Crippen LogP contribution is -2.53. The number of amides is 2. The van der Waals surface area contributed by atoms with Gasteiger partial charge in [0.25, 0.3) is 11.8 Å². The summed E-state index contributed by atoms with van der Waals surface area (Å²) in [6, 6.07) is 6.93. The number of para-hydroxylation sites is 2. The largest absolute Gasteiger partial charge is 0.477 e. The number of primary amides is 1. The Balaban J connectivity index is 2.36. The first-order valence-corrected chi connectivity index (χ1v) is 6.17. The van der Waals surface area contributed by atoms with E-state index in [0.29, 0.717) is 11.4 Å². The van der Waals surface area contributed by atoms with Crippen LogP contribution in [0, 0.1) is 0 Å². The summed E-state index contributed by atoms with van der Waals surface area (Å²) in [5.74, 6) is -0.515. The van der Waals surface area contributed by atoms with Gasteiger partial charge in [0.2, 0.25) is 0 Å². The molecule has 0 spiro atoms. The van der Waals surface area contributed by atoms with E-state index < -0.39 is 18.1 Å². The van der Waals surface area contributed by atoms with Crippen LogP contribution in [0.5, 0.6) is 5.75 Å². The number of carbonyl (C=O) groups excluding carboxylic acids is 2. The van der Waals surface area contributed by atoms with E-state index in [2.05, 4.69) is 0 Å². The highest BCUT2D eigenvalue weighted by Gasteiger charge is 2.35. The highest BCUT2D eigenvalue weighted by Crippen LogP contribution is 2.33. The Bertz CT molecular complexity index is 516. The van der Waals surface area contributed by atoms with E-state index in [1.165, 1.54) is 12.0 Å². The molecule has 0 saturated heterocycles. The van der Waals surface area contributed by atoms with Crippen molar-refractivity contribution in [2.75, 3.05) is 25.1 Å². The zero-order valence-corrected chi connectivity index (χ0v) is 11.1. The van der Waals surface area contributed by atoms with Crippen molar-refractivity contribution in [3.05, 3.63) is 24.3 Å². The van der Waals surface area contributed by atoms with Crippen LogP contribution < -0.4 is 21.1 Å². The van der Waals surface area contributed by atoms with Crippen LogP contribution in [0.2, 0.25) is 0 Å². The molecule has 7 nitrogen and oxygen atoms in total. The quantitative estimate of drug-likeness (QED) is 0.753. The Morgan fingerprint density at radius 1 is 1.50 bits per heavy atom. The van der Waals surface area contributed by atoms with Gasteiger partial charge in [-0.25, -0.2) is 0 Å². The van der Waals surface area contributed by atoms with Crippen LogP contribution in [0.4, 0.5) is 5.69 Å². The van der Waals surface area contributed by atoms with Gasteiger partial charge < -0.3 is 25.8 Å². The fourth-order valence-corrected chi connectivity index (χ4v) is 2.06. The summed E-state index contributed by atoms with van der Waals surface area (Å²) in [6.07, 6.45) is -1.65. The summed E-state index contributed by atoms with van der Waals surface area (Å²) in [7, 11) is 1.41. The third-order valence-corrected chi connectivity index (χ3v) is 3.13. The average molecular weight is 279 g/mol. The topological polar surface area (TPSA) is 108 Å². The molecule has 20 heavy (non-hydrogen) atoms. The number of benzene rings is 1. The smallest absolute Gasteiger partial charge is 0.260 e. The van der Waals surface area contributed by atoms with E-state index in [4.69, 9.17) is 20.9 Å². The SMILES string of the molecule is COC(CN)C(=O)N1CC(C(N)=O)Oc2ccccc21. The summed E-state index contributed by atoms with van der Waals surface area (Å²) in [4.78, 5) is 25.2. The van der Waals surface area contributed by atoms with Gasteiger partial charge in [-0.2, -0.15) is 0 Å². The van der Waals surface area contributed by atoms with Gasteiger partial charge in [0.05, 0.1) is 12.2 Å². The monoisotopic (exact) mass is 279 g/mol. The molecule has 2 rings (SSSR count). The maximum Gasteiger partial charge on any atom is 0.260 e. The number of hydrogen-bond acceptors (Lipinski definition) is 5. The fourth-order valence-electron chi connectivity index (χ4n) is 2.06. The lowest BCUT2D eigenvalue weighted by Gasteiger charge is -2.34. The van der Waals surface area contributed by atoms with Gasteiger partial charge in [-0.05, 0) is 12.1 Å². The molecular formula is C13H17N3O4. The second-order valence-electron chi connectivity index (χ2n) is 4.39. The summed E-state index contributed by atoms with van der Waals surface area (Å²) in [5, 5.41) is 0. The lowest BCUT2D eigenvalue weighted by molar-refractivity contribution is -0.129.